The largest absolute Gasteiger partial charge is 0.496 e. The summed E-state index contributed by atoms with van der Waals surface area (Å²) in [6.07, 6.45) is 11.8. The number of benzene rings is 3. The number of ether oxygens (including phenoxy) is 3. The number of unbranched alkanes of at least 4 members (excludes halogenated alkanes) is 9. The van der Waals surface area contributed by atoms with Crippen molar-refractivity contribution in [3.63, 3.8) is 0 Å². The van der Waals surface area contributed by atoms with Crippen LogP contribution in [0.3, 0.4) is 0 Å². The molecule has 1 unspecified atom stereocenters. The van der Waals surface area contributed by atoms with Crippen LogP contribution in [0.25, 0.3) is 0 Å². The van der Waals surface area contributed by atoms with E-state index in [2.05, 4.69) is 37.7 Å². The molecule has 3 aromatic carbocycles. The predicted octanol–water partition coefficient (Wildman–Crippen LogP) is 8.96. The number of carbonyl (C=O) groups excluding carboxylic acids is 2. The number of amides is 1. The lowest BCUT2D eigenvalue weighted by molar-refractivity contribution is -0.123. The highest BCUT2D eigenvalue weighted by Gasteiger charge is 2.26. The Morgan fingerprint density at radius 3 is 2.06 bits per heavy atom. The first-order chi connectivity index (χ1) is 23.5. The van der Waals surface area contributed by atoms with E-state index >= 15 is 0 Å². The summed E-state index contributed by atoms with van der Waals surface area (Å²) in [6.45, 7) is 8.08. The van der Waals surface area contributed by atoms with Gasteiger partial charge in [-0.2, -0.15) is 0 Å². The minimum atomic E-state index is -4.16. The van der Waals surface area contributed by atoms with Crippen LogP contribution in [0.2, 0.25) is 0 Å². The molecule has 0 aliphatic carbocycles. The summed E-state index contributed by atoms with van der Waals surface area (Å²) in [7, 11) is -2.53. The number of methoxy groups -OCH3 is 1. The van der Waals surface area contributed by atoms with Gasteiger partial charge in [0.15, 0.2) is 6.10 Å². The van der Waals surface area contributed by atoms with Crippen LogP contribution in [0.5, 0.6) is 23.0 Å². The van der Waals surface area contributed by atoms with Crippen molar-refractivity contribution in [2.24, 2.45) is 0 Å². The summed E-state index contributed by atoms with van der Waals surface area (Å²) in [4.78, 5) is 24.6. The molecule has 2 N–H and O–H groups in total. The molecule has 0 aromatic heterocycles. The highest BCUT2D eigenvalue weighted by atomic mass is 32.2. The molecule has 0 aliphatic rings. The quantitative estimate of drug-likeness (QED) is 0.0796. The van der Waals surface area contributed by atoms with Crippen LogP contribution in [0.4, 0.5) is 5.69 Å². The Bertz CT molecular complexity index is 1570. The summed E-state index contributed by atoms with van der Waals surface area (Å²) >= 11 is 0. The summed E-state index contributed by atoms with van der Waals surface area (Å²) in [5.74, 6) is 1.38. The standard InChI is InChI=1S/C39H54N2O7S/c1-6-7-8-9-10-11-12-13-14-18-21-36(48-32-23-25-34(46-5)33(29-32)39(2,3)4)38(43)41-30-22-24-35(47-31-19-16-15-17-20-31)37(28-30)49(44,45)40-26-27-42/h15-17,19-20,22-25,27-29,36,40H,6-14,18,21,26H2,1-5H3,(H,41,43). The number of carbonyl (C=O) groups is 2. The zero-order chi connectivity index (χ0) is 35.7. The van der Waals surface area contributed by atoms with Gasteiger partial charge in [-0.05, 0) is 66.8 Å². The van der Waals surface area contributed by atoms with Gasteiger partial charge < -0.3 is 24.3 Å². The molecular formula is C39H54N2O7S. The van der Waals surface area contributed by atoms with Crippen molar-refractivity contribution in [1.82, 2.24) is 4.72 Å². The van der Waals surface area contributed by atoms with Crippen LogP contribution in [0.1, 0.15) is 104 Å². The van der Waals surface area contributed by atoms with Gasteiger partial charge in [0.05, 0.1) is 13.7 Å². The first kappa shape index (κ1) is 39.5. The maximum atomic E-state index is 13.8. The number of para-hydroxylation sites is 1. The molecule has 0 fully saturated rings. The van der Waals surface area contributed by atoms with Gasteiger partial charge in [-0.25, -0.2) is 13.1 Å². The van der Waals surface area contributed by atoms with Crippen molar-refractivity contribution in [2.45, 2.75) is 115 Å². The van der Waals surface area contributed by atoms with Crippen molar-refractivity contribution < 1.29 is 32.2 Å². The number of sulfonamides is 1. The zero-order valence-corrected chi connectivity index (χ0v) is 30.6. The molecule has 49 heavy (non-hydrogen) atoms. The maximum Gasteiger partial charge on any atom is 0.265 e. The lowest BCUT2D eigenvalue weighted by atomic mass is 9.86. The molecule has 0 radical (unpaired) electrons. The normalized spacial score (nSPS) is 12.3. The van der Waals surface area contributed by atoms with E-state index in [4.69, 9.17) is 14.2 Å². The average Bonchev–Trinajstić information content (AvgIpc) is 3.08. The molecule has 268 valence electrons. The number of hydrogen-bond donors (Lipinski definition) is 2. The number of nitrogens with one attached hydrogen (secondary N) is 2. The summed E-state index contributed by atoms with van der Waals surface area (Å²) in [5, 5.41) is 2.87. The Hall–Kier alpha value is -3.89. The van der Waals surface area contributed by atoms with Crippen molar-refractivity contribution in [2.75, 3.05) is 19.0 Å². The third-order valence-corrected chi connectivity index (χ3v) is 9.64. The van der Waals surface area contributed by atoms with Crippen molar-refractivity contribution in [1.29, 1.82) is 0 Å². The fraction of sp³-hybridized carbons (Fsp3) is 0.487. The fourth-order valence-corrected chi connectivity index (χ4v) is 6.61. The molecule has 0 saturated carbocycles. The molecule has 0 bridgehead atoms. The summed E-state index contributed by atoms with van der Waals surface area (Å²) in [6, 6.07) is 18.7. The van der Waals surface area contributed by atoms with E-state index in [1.54, 1.807) is 43.5 Å². The molecule has 0 spiro atoms. The van der Waals surface area contributed by atoms with Gasteiger partial charge in [0.2, 0.25) is 10.0 Å². The second-order valence-corrected chi connectivity index (χ2v) is 15.0. The molecule has 1 amide bonds. The Labute approximate surface area is 293 Å². The minimum absolute atomic E-state index is 0.0497. The third-order valence-electron chi connectivity index (χ3n) is 8.20. The van der Waals surface area contributed by atoms with Crippen LogP contribution in [0.15, 0.2) is 71.6 Å². The molecule has 0 heterocycles. The molecule has 0 saturated heterocycles. The Morgan fingerprint density at radius 2 is 1.45 bits per heavy atom. The zero-order valence-electron chi connectivity index (χ0n) is 29.8. The van der Waals surface area contributed by atoms with E-state index in [1.807, 2.05) is 18.2 Å². The van der Waals surface area contributed by atoms with Crippen LogP contribution in [0, 0.1) is 0 Å². The molecule has 0 aliphatic heterocycles. The number of rotatable bonds is 22. The SMILES string of the molecule is CCCCCCCCCCCCC(Oc1ccc(OC)c(C(C)(C)C)c1)C(=O)Nc1ccc(Oc2ccccc2)c(S(=O)(=O)NCC=O)c1. The van der Waals surface area contributed by atoms with Crippen molar-refractivity contribution in [3.8, 4) is 23.0 Å². The molecule has 1 atom stereocenters. The van der Waals surface area contributed by atoms with Gasteiger partial charge in [0, 0.05) is 11.3 Å². The van der Waals surface area contributed by atoms with E-state index in [1.165, 1.54) is 57.1 Å². The number of hydrogen-bond acceptors (Lipinski definition) is 7. The van der Waals surface area contributed by atoms with Gasteiger partial charge in [0.1, 0.15) is 34.2 Å². The van der Waals surface area contributed by atoms with Gasteiger partial charge in [-0.1, -0.05) is 104 Å². The first-order valence-electron chi connectivity index (χ1n) is 17.4. The molecule has 3 rings (SSSR count). The summed E-state index contributed by atoms with van der Waals surface area (Å²) in [5.41, 5.74) is 0.985. The van der Waals surface area contributed by atoms with Gasteiger partial charge in [0.25, 0.3) is 5.91 Å². The van der Waals surface area contributed by atoms with E-state index in [0.717, 1.165) is 30.6 Å². The monoisotopic (exact) mass is 694 g/mol. The molecular weight excluding hydrogens is 641 g/mol. The second-order valence-electron chi connectivity index (χ2n) is 13.3. The smallest absolute Gasteiger partial charge is 0.265 e. The number of aldehydes is 1. The molecule has 10 heteroatoms. The lowest BCUT2D eigenvalue weighted by Gasteiger charge is -2.24. The second kappa shape index (κ2) is 19.9. The topological polar surface area (TPSA) is 120 Å². The van der Waals surface area contributed by atoms with E-state index in [0.29, 0.717) is 24.2 Å². The van der Waals surface area contributed by atoms with Crippen molar-refractivity contribution >= 4 is 27.9 Å². The minimum Gasteiger partial charge on any atom is -0.496 e. The average molecular weight is 695 g/mol. The van der Waals surface area contributed by atoms with E-state index in [9.17, 15) is 18.0 Å². The van der Waals surface area contributed by atoms with Crippen molar-refractivity contribution in [3.05, 3.63) is 72.3 Å². The van der Waals surface area contributed by atoms with E-state index in [-0.39, 0.29) is 21.7 Å². The Morgan fingerprint density at radius 1 is 0.816 bits per heavy atom. The Kier molecular flexibility index (Phi) is 16.1. The van der Waals surface area contributed by atoms with Gasteiger partial charge >= 0.3 is 0 Å². The van der Waals surface area contributed by atoms with E-state index < -0.39 is 28.6 Å². The summed E-state index contributed by atoms with van der Waals surface area (Å²) < 4.78 is 46.5. The van der Waals surface area contributed by atoms with Crippen LogP contribution >= 0.6 is 0 Å². The molecule has 3 aromatic rings. The van der Waals surface area contributed by atoms with Crippen LogP contribution < -0.4 is 24.2 Å². The third kappa shape index (κ3) is 13.2. The molecule has 9 nitrogen and oxygen atoms in total. The Balaban J connectivity index is 1.81. The first-order valence-corrected chi connectivity index (χ1v) is 18.9. The lowest BCUT2D eigenvalue weighted by Crippen LogP contribution is -2.33. The van der Waals surface area contributed by atoms with Crippen LogP contribution in [-0.2, 0) is 25.0 Å². The number of anilines is 1. The highest BCUT2D eigenvalue weighted by molar-refractivity contribution is 7.89. The predicted molar refractivity (Wildman–Crippen MR) is 195 cm³/mol. The fourth-order valence-electron chi connectivity index (χ4n) is 5.51. The maximum absolute atomic E-state index is 13.8. The van der Waals surface area contributed by atoms with Crippen LogP contribution in [-0.4, -0.2) is 40.4 Å². The highest BCUT2D eigenvalue weighted by Crippen LogP contribution is 2.35. The van der Waals surface area contributed by atoms with Gasteiger partial charge in [-0.3, -0.25) is 4.79 Å². The van der Waals surface area contributed by atoms with Gasteiger partial charge in [-0.15, -0.1) is 0 Å².